The Bertz CT molecular complexity index is 401. The van der Waals surface area contributed by atoms with Crippen LogP contribution in [0.25, 0.3) is 0 Å². The van der Waals surface area contributed by atoms with Crippen molar-refractivity contribution in [3.8, 4) is 0 Å². The van der Waals surface area contributed by atoms with Crippen molar-refractivity contribution >= 4 is 5.97 Å². The average molecular weight is 253 g/mol. The van der Waals surface area contributed by atoms with Crippen LogP contribution in [0, 0.1) is 5.82 Å². The van der Waals surface area contributed by atoms with Crippen LogP contribution in [0.15, 0.2) is 24.3 Å². The van der Waals surface area contributed by atoms with Gasteiger partial charge in [-0.15, -0.1) is 0 Å². The molecule has 18 heavy (non-hydrogen) atoms. The van der Waals surface area contributed by atoms with Gasteiger partial charge in [0.25, 0.3) is 0 Å². The van der Waals surface area contributed by atoms with Gasteiger partial charge in [-0.05, 0) is 17.7 Å². The van der Waals surface area contributed by atoms with E-state index in [0.717, 1.165) is 13.1 Å². The summed E-state index contributed by atoms with van der Waals surface area (Å²) < 4.78 is 18.1. The Morgan fingerprint density at radius 3 is 2.50 bits per heavy atom. The molecule has 1 aliphatic heterocycles. The van der Waals surface area contributed by atoms with E-state index in [1.165, 1.54) is 24.3 Å². The van der Waals surface area contributed by atoms with Crippen molar-refractivity contribution < 1.29 is 19.0 Å². The molecule has 5 heteroatoms. The van der Waals surface area contributed by atoms with Crippen LogP contribution >= 0.6 is 0 Å². The van der Waals surface area contributed by atoms with Gasteiger partial charge in [0, 0.05) is 19.6 Å². The number of morpholine rings is 1. The van der Waals surface area contributed by atoms with Crippen LogP contribution in [-0.2, 0) is 9.53 Å². The fourth-order valence-corrected chi connectivity index (χ4v) is 2.06. The normalized spacial score (nSPS) is 18.5. The quantitative estimate of drug-likeness (QED) is 0.879. The maximum atomic E-state index is 12.8. The fraction of sp³-hybridized carbons (Fsp3) is 0.462. The fourth-order valence-electron chi connectivity index (χ4n) is 2.06. The molecule has 1 N–H and O–H groups in total. The highest BCUT2D eigenvalue weighted by atomic mass is 19.1. The van der Waals surface area contributed by atoms with Crippen LogP contribution in [-0.4, -0.2) is 48.8 Å². The first-order chi connectivity index (χ1) is 8.66. The number of hydrogen-bond acceptors (Lipinski definition) is 3. The second-order valence-electron chi connectivity index (χ2n) is 4.36. The van der Waals surface area contributed by atoms with E-state index < -0.39 is 11.9 Å². The Hall–Kier alpha value is -1.46. The number of aliphatic carboxylic acids is 1. The maximum absolute atomic E-state index is 12.8. The highest BCUT2D eigenvalue weighted by Crippen LogP contribution is 2.18. The summed E-state index contributed by atoms with van der Waals surface area (Å²) in [6.45, 7) is 3.19. The number of carboxylic acids is 1. The van der Waals surface area contributed by atoms with Crippen molar-refractivity contribution in [2.75, 3.05) is 32.8 Å². The summed E-state index contributed by atoms with van der Waals surface area (Å²) in [4.78, 5) is 13.4. The van der Waals surface area contributed by atoms with Crippen LogP contribution in [0.3, 0.4) is 0 Å². The maximum Gasteiger partial charge on any atom is 0.312 e. The molecule has 1 fully saturated rings. The van der Waals surface area contributed by atoms with Gasteiger partial charge < -0.3 is 9.84 Å². The van der Waals surface area contributed by atoms with Gasteiger partial charge in [-0.2, -0.15) is 0 Å². The molecule has 0 bridgehead atoms. The predicted octanol–water partition coefficient (Wildman–Crippen LogP) is 1.33. The van der Waals surface area contributed by atoms with Crippen molar-refractivity contribution in [2.24, 2.45) is 0 Å². The lowest BCUT2D eigenvalue weighted by molar-refractivity contribution is -0.139. The van der Waals surface area contributed by atoms with E-state index in [9.17, 15) is 14.3 Å². The number of carbonyl (C=O) groups is 1. The summed E-state index contributed by atoms with van der Waals surface area (Å²) in [6.07, 6.45) is 0. The number of nitrogens with zero attached hydrogens (tertiary/aromatic N) is 1. The Kier molecular flexibility index (Phi) is 4.28. The first kappa shape index (κ1) is 13.0. The lowest BCUT2D eigenvalue weighted by atomic mass is 9.98. The number of ether oxygens (including phenoxy) is 1. The Morgan fingerprint density at radius 1 is 1.33 bits per heavy atom. The molecule has 0 spiro atoms. The smallest absolute Gasteiger partial charge is 0.312 e. The molecule has 0 saturated carbocycles. The van der Waals surface area contributed by atoms with E-state index in [1.807, 2.05) is 0 Å². The molecule has 1 atom stereocenters. The van der Waals surface area contributed by atoms with Crippen LogP contribution < -0.4 is 0 Å². The summed E-state index contributed by atoms with van der Waals surface area (Å²) in [6, 6.07) is 5.66. The average Bonchev–Trinajstić information content (AvgIpc) is 2.38. The molecule has 1 saturated heterocycles. The topological polar surface area (TPSA) is 49.8 Å². The third kappa shape index (κ3) is 3.27. The van der Waals surface area contributed by atoms with Gasteiger partial charge in [0.2, 0.25) is 0 Å². The minimum absolute atomic E-state index is 0.353. The van der Waals surface area contributed by atoms with Crippen LogP contribution in [0.5, 0.6) is 0 Å². The van der Waals surface area contributed by atoms with Gasteiger partial charge in [0.1, 0.15) is 5.82 Å². The molecule has 2 rings (SSSR count). The zero-order chi connectivity index (χ0) is 13.0. The van der Waals surface area contributed by atoms with E-state index in [1.54, 1.807) is 0 Å². The minimum Gasteiger partial charge on any atom is -0.481 e. The number of halogens is 1. The summed E-state index contributed by atoms with van der Waals surface area (Å²) in [5.74, 6) is -1.86. The van der Waals surface area contributed by atoms with E-state index >= 15 is 0 Å². The number of hydrogen-bond donors (Lipinski definition) is 1. The molecule has 98 valence electrons. The zero-order valence-electron chi connectivity index (χ0n) is 10.0. The number of carboxylic acid groups (broad SMARTS) is 1. The molecule has 0 aromatic heterocycles. The molecule has 1 heterocycles. The SMILES string of the molecule is O=C(O)C(CN1CCOCC1)c1ccc(F)cc1. The molecule has 4 nitrogen and oxygen atoms in total. The van der Waals surface area contributed by atoms with E-state index in [-0.39, 0.29) is 5.82 Å². The van der Waals surface area contributed by atoms with Crippen molar-refractivity contribution in [1.29, 1.82) is 0 Å². The molecule has 1 aromatic rings. The van der Waals surface area contributed by atoms with E-state index in [2.05, 4.69) is 4.90 Å². The third-order valence-electron chi connectivity index (χ3n) is 3.11. The zero-order valence-corrected chi connectivity index (χ0v) is 10.0. The van der Waals surface area contributed by atoms with E-state index in [0.29, 0.717) is 25.3 Å². The molecule has 0 radical (unpaired) electrons. The molecule has 1 aromatic carbocycles. The lowest BCUT2D eigenvalue weighted by Crippen LogP contribution is -2.40. The standard InChI is InChI=1S/C13H16FNO3/c14-11-3-1-10(2-4-11)12(13(16)17)9-15-5-7-18-8-6-15/h1-4,12H,5-9H2,(H,16,17). The molecule has 0 aliphatic carbocycles. The van der Waals surface area contributed by atoms with Gasteiger partial charge in [-0.25, -0.2) is 4.39 Å². The molecular weight excluding hydrogens is 237 g/mol. The highest BCUT2D eigenvalue weighted by molar-refractivity contribution is 5.76. The monoisotopic (exact) mass is 253 g/mol. The lowest BCUT2D eigenvalue weighted by Gasteiger charge is -2.29. The van der Waals surface area contributed by atoms with Gasteiger partial charge in [0.05, 0.1) is 19.1 Å². The third-order valence-corrected chi connectivity index (χ3v) is 3.11. The second kappa shape index (κ2) is 5.93. The van der Waals surface area contributed by atoms with Crippen LogP contribution in [0.4, 0.5) is 4.39 Å². The van der Waals surface area contributed by atoms with Crippen molar-refractivity contribution in [1.82, 2.24) is 4.90 Å². The van der Waals surface area contributed by atoms with Crippen molar-refractivity contribution in [3.05, 3.63) is 35.6 Å². The van der Waals surface area contributed by atoms with Crippen LogP contribution in [0.1, 0.15) is 11.5 Å². The van der Waals surface area contributed by atoms with Crippen molar-refractivity contribution in [3.63, 3.8) is 0 Å². The molecular formula is C13H16FNO3. The van der Waals surface area contributed by atoms with Gasteiger partial charge in [-0.3, -0.25) is 9.69 Å². The minimum atomic E-state index is -0.881. The van der Waals surface area contributed by atoms with Gasteiger partial charge >= 0.3 is 5.97 Å². The van der Waals surface area contributed by atoms with Gasteiger partial charge in [0.15, 0.2) is 0 Å². The Morgan fingerprint density at radius 2 is 1.94 bits per heavy atom. The summed E-state index contributed by atoms with van der Waals surface area (Å²) in [5, 5.41) is 9.27. The second-order valence-corrected chi connectivity index (χ2v) is 4.36. The highest BCUT2D eigenvalue weighted by Gasteiger charge is 2.24. The summed E-state index contributed by atoms with van der Waals surface area (Å²) in [7, 11) is 0. The van der Waals surface area contributed by atoms with Crippen molar-refractivity contribution in [2.45, 2.75) is 5.92 Å². The van der Waals surface area contributed by atoms with E-state index in [4.69, 9.17) is 4.74 Å². The Labute approximate surface area is 105 Å². The number of benzene rings is 1. The van der Waals surface area contributed by atoms with Gasteiger partial charge in [-0.1, -0.05) is 12.1 Å². The molecule has 1 unspecified atom stereocenters. The summed E-state index contributed by atoms with van der Waals surface area (Å²) >= 11 is 0. The number of rotatable bonds is 4. The predicted molar refractivity (Wildman–Crippen MR) is 64.0 cm³/mol. The molecule has 1 aliphatic rings. The largest absolute Gasteiger partial charge is 0.481 e. The Balaban J connectivity index is 2.07. The summed E-state index contributed by atoms with van der Waals surface area (Å²) in [5.41, 5.74) is 0.635. The van der Waals surface area contributed by atoms with Crippen LogP contribution in [0.2, 0.25) is 0 Å². The first-order valence-electron chi connectivity index (χ1n) is 5.95. The molecule has 0 amide bonds. The first-order valence-corrected chi connectivity index (χ1v) is 5.95.